The molecule has 4 aromatic rings. The first-order chi connectivity index (χ1) is 30.3. The number of aromatic amines is 1. The molecule has 1 aliphatic rings. The van der Waals surface area contributed by atoms with Crippen molar-refractivity contribution in [1.29, 1.82) is 5.26 Å². The third kappa shape index (κ3) is 11.1. The van der Waals surface area contributed by atoms with E-state index < -0.39 is 36.3 Å². The number of unbranched alkanes of at least 4 members (excludes halogenated alkanes) is 5. The van der Waals surface area contributed by atoms with Gasteiger partial charge in [-0.15, -0.1) is 0 Å². The van der Waals surface area contributed by atoms with Gasteiger partial charge in [-0.25, -0.2) is 0 Å². The second-order valence-electron chi connectivity index (χ2n) is 17.0. The molecule has 1 saturated heterocycles. The Morgan fingerprint density at radius 3 is 1.98 bits per heavy atom. The van der Waals surface area contributed by atoms with Gasteiger partial charge in [-0.2, -0.15) is 0 Å². The standard InChI is InChI=1S/C49H70N5O8P/c1-10-11-12-13-14-18-31-52-34-45(53-33-39(6)46(55)51-47(53)56)62-48(35-52,63(59-9,61-32-19-30-50)54(37(2)3)38(4)5)36-60-49(40-20-16-15-17-21-40,41-22-26-43(57-7)27-23-41)42-24-28-44(58-8)29-25-42/h15-17,20-29,33,37-38,45,63H,10-14,18-19,31-32,34-36H2,1-9H3,(H,51,55,56)/t45-,48+/m1/s1. The Kier molecular flexibility index (Phi) is 18.1. The van der Waals surface area contributed by atoms with Crippen molar-refractivity contribution in [3.63, 3.8) is 0 Å². The summed E-state index contributed by atoms with van der Waals surface area (Å²) in [7, 11) is 0.945. The van der Waals surface area contributed by atoms with Crippen LogP contribution in [0.25, 0.3) is 0 Å². The van der Waals surface area contributed by atoms with Gasteiger partial charge in [0.15, 0.2) is 0 Å². The number of nitrogens with one attached hydrogen (secondary N) is 1. The van der Waals surface area contributed by atoms with Crippen molar-refractivity contribution < 1.29 is 28.0 Å². The van der Waals surface area contributed by atoms with Crippen LogP contribution in [-0.2, 0) is 24.1 Å². The number of hydrogen-bond acceptors (Lipinski definition) is 11. The Morgan fingerprint density at radius 1 is 0.873 bits per heavy atom. The summed E-state index contributed by atoms with van der Waals surface area (Å²) in [6.07, 6.45) is 7.44. The molecular weight excluding hydrogens is 818 g/mol. The van der Waals surface area contributed by atoms with Gasteiger partial charge < -0.3 is 0 Å². The van der Waals surface area contributed by atoms with Crippen LogP contribution in [0.2, 0.25) is 0 Å². The Morgan fingerprint density at radius 2 is 1.44 bits per heavy atom. The Labute approximate surface area is 374 Å². The van der Waals surface area contributed by atoms with Crippen LogP contribution in [0.5, 0.6) is 11.5 Å². The Balaban J connectivity index is 1.83. The number of benzene rings is 3. The summed E-state index contributed by atoms with van der Waals surface area (Å²) in [5.41, 5.74) is 0.613. The van der Waals surface area contributed by atoms with E-state index in [1.54, 1.807) is 34.4 Å². The van der Waals surface area contributed by atoms with E-state index in [0.717, 1.165) is 42.4 Å². The molecular formula is C49H70N5O8P. The van der Waals surface area contributed by atoms with Gasteiger partial charge in [-0.05, 0) is 0 Å². The molecule has 14 heteroatoms. The van der Waals surface area contributed by atoms with Gasteiger partial charge in [0, 0.05) is 0 Å². The molecule has 1 fully saturated rings. The predicted molar refractivity (Wildman–Crippen MR) is 251 cm³/mol. The molecule has 1 aliphatic heterocycles. The van der Waals surface area contributed by atoms with Gasteiger partial charge in [0.2, 0.25) is 0 Å². The topological polar surface area (TPSA) is 141 Å². The predicted octanol–water partition coefficient (Wildman–Crippen LogP) is 8.95. The Bertz CT molecular complexity index is 2120. The average Bonchev–Trinajstić information content (AvgIpc) is 3.29. The number of H-pyrrole nitrogens is 1. The van der Waals surface area contributed by atoms with E-state index in [0.29, 0.717) is 36.7 Å². The van der Waals surface area contributed by atoms with E-state index in [1.165, 1.54) is 17.4 Å². The summed E-state index contributed by atoms with van der Waals surface area (Å²) in [5, 5.41) is 8.49. The van der Waals surface area contributed by atoms with E-state index in [9.17, 15) is 14.9 Å². The molecule has 0 spiro atoms. The molecule has 3 aromatic carbocycles. The summed E-state index contributed by atoms with van der Waals surface area (Å²) in [4.78, 5) is 31.5. The quantitative estimate of drug-likeness (QED) is 0.0410. The second kappa shape index (κ2) is 23.0. The van der Waals surface area contributed by atoms with E-state index in [1.807, 2.05) is 66.7 Å². The van der Waals surface area contributed by atoms with Crippen molar-refractivity contribution in [1.82, 2.24) is 19.1 Å². The molecule has 0 amide bonds. The van der Waals surface area contributed by atoms with Crippen LogP contribution < -0.4 is 20.7 Å². The summed E-state index contributed by atoms with van der Waals surface area (Å²) < 4.78 is 44.5. The van der Waals surface area contributed by atoms with Gasteiger partial charge >= 0.3 is 376 Å². The number of morpholine rings is 1. The summed E-state index contributed by atoms with van der Waals surface area (Å²) >= 11 is 0. The molecule has 1 aromatic heterocycles. The van der Waals surface area contributed by atoms with Crippen molar-refractivity contribution in [2.75, 3.05) is 54.2 Å². The number of ether oxygens (including phenoxy) is 4. The number of hydrogen-bond donors (Lipinski definition) is 1. The first-order valence-electron chi connectivity index (χ1n) is 22.4. The number of nitrogens with zero attached hydrogens (tertiary/aromatic N) is 4. The molecule has 0 radical (unpaired) electrons. The molecule has 0 bridgehead atoms. The zero-order valence-electron chi connectivity index (χ0n) is 38.9. The van der Waals surface area contributed by atoms with E-state index in [2.05, 4.69) is 67.4 Å². The van der Waals surface area contributed by atoms with E-state index in [4.69, 9.17) is 28.0 Å². The zero-order valence-corrected chi connectivity index (χ0v) is 39.9. The fourth-order valence-electron chi connectivity index (χ4n) is 9.16. The van der Waals surface area contributed by atoms with E-state index >= 15 is 0 Å². The van der Waals surface area contributed by atoms with Crippen LogP contribution in [-0.4, -0.2) is 90.7 Å². The molecule has 1 N–H and O–H groups in total. The number of rotatable bonds is 24. The van der Waals surface area contributed by atoms with Gasteiger partial charge in [0.1, 0.15) is 0 Å². The van der Waals surface area contributed by atoms with Crippen molar-refractivity contribution in [2.24, 2.45) is 0 Å². The molecule has 2 atom stereocenters. The summed E-state index contributed by atoms with van der Waals surface area (Å²) in [6.45, 7) is 13.7. The fourth-order valence-corrected chi connectivity index (χ4v) is 13.4. The third-order valence-electron chi connectivity index (χ3n) is 12.1. The van der Waals surface area contributed by atoms with Gasteiger partial charge in [0.05, 0.1) is 0 Å². The van der Waals surface area contributed by atoms with Crippen molar-refractivity contribution in [3.05, 3.63) is 128 Å². The van der Waals surface area contributed by atoms with Crippen molar-refractivity contribution in [2.45, 2.75) is 116 Å². The fraction of sp³-hybridized carbons (Fsp3) is 0.531. The molecule has 0 saturated carbocycles. The third-order valence-corrected chi connectivity index (χ3v) is 16.5. The van der Waals surface area contributed by atoms with Crippen molar-refractivity contribution >= 4 is 7.87 Å². The van der Waals surface area contributed by atoms with Crippen LogP contribution in [0.3, 0.4) is 0 Å². The minimum absolute atomic E-state index is 0.0803. The molecule has 0 aliphatic carbocycles. The first kappa shape index (κ1) is 49.6. The van der Waals surface area contributed by atoms with Crippen LogP contribution in [0.15, 0.2) is 94.6 Å². The monoisotopic (exact) mass is 887 g/mol. The molecule has 344 valence electrons. The second-order valence-corrected chi connectivity index (χ2v) is 20.3. The number of nitriles is 1. The molecule has 5 rings (SSSR count). The molecule has 2 heterocycles. The van der Waals surface area contributed by atoms with Crippen LogP contribution in [0, 0.1) is 18.3 Å². The zero-order chi connectivity index (χ0) is 45.6. The number of aryl methyl sites for hydroxylation is 1. The van der Waals surface area contributed by atoms with Crippen LogP contribution in [0.1, 0.15) is 108 Å². The molecule has 0 unspecified atom stereocenters. The maximum absolute atomic E-state index is 13.9. The summed E-state index contributed by atoms with van der Waals surface area (Å²) in [5.74, 6) is 1.39. The maximum atomic E-state index is 13.9. The number of aromatic nitrogens is 2. The minimum atomic E-state index is -4.00. The Hall–Kier alpha value is -4.38. The van der Waals surface area contributed by atoms with Gasteiger partial charge in [-0.3, -0.25) is 0 Å². The van der Waals surface area contributed by atoms with E-state index in [-0.39, 0.29) is 31.7 Å². The average molecular weight is 888 g/mol. The first-order valence-corrected chi connectivity index (χ1v) is 24.2. The SMILES string of the molecule is CCCCCCCCN1C[C@H](n2cc(C)c(=O)[nH]c2=O)O[C@](COC(c2ccccc2)(c2ccc(OC)cc2)c2ccc(OC)cc2)([PH](OC)(OCCC#N)N(C(C)C)C(C)C)C1. The summed E-state index contributed by atoms with van der Waals surface area (Å²) in [6, 6.07) is 27.9. The van der Waals surface area contributed by atoms with Gasteiger partial charge in [0.25, 0.3) is 0 Å². The van der Waals surface area contributed by atoms with Crippen LogP contribution in [0.4, 0.5) is 0 Å². The molecule has 13 nitrogen and oxygen atoms in total. The van der Waals surface area contributed by atoms with Crippen molar-refractivity contribution in [3.8, 4) is 17.6 Å². The van der Waals surface area contributed by atoms with Gasteiger partial charge in [-0.1, -0.05) is 0 Å². The van der Waals surface area contributed by atoms with Crippen LogP contribution >= 0.6 is 7.87 Å². The number of methoxy groups -OCH3 is 2. The molecule has 63 heavy (non-hydrogen) atoms. The normalized spacial score (nSPS) is 17.6.